The zero-order valence-corrected chi connectivity index (χ0v) is 12.9. The van der Waals surface area contributed by atoms with Gasteiger partial charge in [0.25, 0.3) is 0 Å². The molecule has 0 aromatic rings. The second-order valence-electron chi connectivity index (χ2n) is 6.63. The van der Waals surface area contributed by atoms with Crippen LogP contribution in [0.4, 0.5) is 0 Å². The standard InChI is InChI=1S/C17H24N2O3/c20-16-10-14(17(21)22)12-19(16)15-6-8-18(9-7-15)11-13-4-2-1-3-5-13/h1-4,13-15H,5-12H2,(H,21,22). The van der Waals surface area contributed by atoms with Gasteiger partial charge in [-0.3, -0.25) is 9.59 Å². The fourth-order valence-corrected chi connectivity index (χ4v) is 3.76. The Kier molecular flexibility index (Phi) is 4.62. The summed E-state index contributed by atoms with van der Waals surface area (Å²) in [5, 5.41) is 9.07. The second kappa shape index (κ2) is 6.65. The molecule has 0 saturated carbocycles. The van der Waals surface area contributed by atoms with Crippen LogP contribution in [0.15, 0.2) is 24.3 Å². The smallest absolute Gasteiger partial charge is 0.308 e. The quantitative estimate of drug-likeness (QED) is 0.855. The second-order valence-corrected chi connectivity index (χ2v) is 6.63. The lowest BCUT2D eigenvalue weighted by molar-refractivity contribution is -0.141. The summed E-state index contributed by atoms with van der Waals surface area (Å²) in [5.41, 5.74) is 0. The highest BCUT2D eigenvalue weighted by molar-refractivity contribution is 5.86. The van der Waals surface area contributed by atoms with Crippen molar-refractivity contribution >= 4 is 11.9 Å². The van der Waals surface area contributed by atoms with Gasteiger partial charge < -0.3 is 14.9 Å². The molecule has 0 aromatic heterocycles. The SMILES string of the molecule is O=C(O)C1CC(=O)N(C2CCN(CC3C=CC=CC3)CC2)C1. The molecule has 3 aliphatic rings. The number of aliphatic carboxylic acids is 1. The van der Waals surface area contributed by atoms with Gasteiger partial charge in [-0.25, -0.2) is 0 Å². The first-order valence-corrected chi connectivity index (χ1v) is 8.21. The zero-order valence-electron chi connectivity index (χ0n) is 12.9. The number of nitrogens with zero attached hydrogens (tertiary/aromatic N) is 2. The van der Waals surface area contributed by atoms with Crippen LogP contribution in [-0.4, -0.2) is 59.0 Å². The number of amides is 1. The van der Waals surface area contributed by atoms with Crippen LogP contribution < -0.4 is 0 Å². The van der Waals surface area contributed by atoms with Crippen LogP contribution in [-0.2, 0) is 9.59 Å². The van der Waals surface area contributed by atoms with Crippen molar-refractivity contribution in [3.8, 4) is 0 Å². The maximum atomic E-state index is 12.0. The van der Waals surface area contributed by atoms with Crippen molar-refractivity contribution in [1.29, 1.82) is 0 Å². The first-order valence-electron chi connectivity index (χ1n) is 8.21. The number of hydrogen-bond donors (Lipinski definition) is 1. The maximum absolute atomic E-state index is 12.0. The Morgan fingerprint density at radius 2 is 2.05 bits per heavy atom. The maximum Gasteiger partial charge on any atom is 0.308 e. The minimum absolute atomic E-state index is 0.0196. The van der Waals surface area contributed by atoms with E-state index >= 15 is 0 Å². The number of hydrogen-bond acceptors (Lipinski definition) is 3. The number of rotatable bonds is 4. The van der Waals surface area contributed by atoms with Gasteiger partial charge in [0.2, 0.25) is 5.91 Å². The highest BCUT2D eigenvalue weighted by Crippen LogP contribution is 2.26. The zero-order chi connectivity index (χ0) is 15.5. The summed E-state index contributed by atoms with van der Waals surface area (Å²) < 4.78 is 0. The van der Waals surface area contributed by atoms with E-state index in [1.165, 1.54) is 0 Å². The number of piperidine rings is 1. The Bertz CT molecular complexity index is 492. The third-order valence-electron chi connectivity index (χ3n) is 5.07. The predicted molar refractivity (Wildman–Crippen MR) is 83.3 cm³/mol. The molecule has 3 rings (SSSR count). The topological polar surface area (TPSA) is 60.9 Å². The molecule has 120 valence electrons. The van der Waals surface area contributed by atoms with Gasteiger partial charge in [0.1, 0.15) is 0 Å². The molecule has 0 radical (unpaired) electrons. The third kappa shape index (κ3) is 3.40. The van der Waals surface area contributed by atoms with E-state index in [9.17, 15) is 9.59 Å². The lowest BCUT2D eigenvalue weighted by Gasteiger charge is -2.37. The summed E-state index contributed by atoms with van der Waals surface area (Å²) in [6.45, 7) is 3.48. The molecule has 2 unspecified atom stereocenters. The predicted octanol–water partition coefficient (Wildman–Crippen LogP) is 1.52. The lowest BCUT2D eigenvalue weighted by Crippen LogP contribution is -2.46. The minimum atomic E-state index is -0.842. The van der Waals surface area contributed by atoms with Crippen molar-refractivity contribution in [3.05, 3.63) is 24.3 Å². The molecule has 2 aliphatic heterocycles. The van der Waals surface area contributed by atoms with E-state index in [0.29, 0.717) is 12.5 Å². The van der Waals surface area contributed by atoms with Gasteiger partial charge in [0.05, 0.1) is 5.92 Å². The molecule has 2 fully saturated rings. The van der Waals surface area contributed by atoms with Gasteiger partial charge in [-0.15, -0.1) is 0 Å². The number of allylic oxidation sites excluding steroid dienone is 3. The Hall–Kier alpha value is -1.62. The average molecular weight is 304 g/mol. The van der Waals surface area contributed by atoms with Gasteiger partial charge in [-0.1, -0.05) is 24.3 Å². The van der Waals surface area contributed by atoms with Crippen molar-refractivity contribution in [1.82, 2.24) is 9.80 Å². The average Bonchev–Trinajstić information content (AvgIpc) is 2.91. The van der Waals surface area contributed by atoms with Gasteiger partial charge in [-0.2, -0.15) is 0 Å². The Labute approximate surface area is 131 Å². The monoisotopic (exact) mass is 304 g/mol. The number of carboxylic acid groups (broad SMARTS) is 1. The molecular weight excluding hydrogens is 280 g/mol. The highest BCUT2D eigenvalue weighted by Gasteiger charge is 2.38. The Morgan fingerprint density at radius 1 is 1.27 bits per heavy atom. The molecule has 1 aliphatic carbocycles. The van der Waals surface area contributed by atoms with Crippen molar-refractivity contribution in [2.45, 2.75) is 31.7 Å². The number of carboxylic acids is 1. The highest BCUT2D eigenvalue weighted by atomic mass is 16.4. The summed E-state index contributed by atoms with van der Waals surface area (Å²) in [6, 6.07) is 0.231. The summed E-state index contributed by atoms with van der Waals surface area (Å²) in [4.78, 5) is 27.4. The van der Waals surface area contributed by atoms with Crippen LogP contribution in [0.2, 0.25) is 0 Å². The first-order chi connectivity index (χ1) is 10.6. The van der Waals surface area contributed by atoms with E-state index in [4.69, 9.17) is 5.11 Å². The third-order valence-corrected chi connectivity index (χ3v) is 5.07. The van der Waals surface area contributed by atoms with Crippen LogP contribution in [0, 0.1) is 11.8 Å². The van der Waals surface area contributed by atoms with Crippen molar-refractivity contribution < 1.29 is 14.7 Å². The van der Waals surface area contributed by atoms with Gasteiger partial charge in [-0.05, 0) is 25.2 Å². The number of carbonyl (C=O) groups is 2. The van der Waals surface area contributed by atoms with E-state index in [2.05, 4.69) is 29.2 Å². The molecule has 5 heteroatoms. The molecule has 2 atom stereocenters. The molecule has 0 spiro atoms. The molecule has 1 amide bonds. The van der Waals surface area contributed by atoms with Crippen molar-refractivity contribution in [2.75, 3.05) is 26.2 Å². The minimum Gasteiger partial charge on any atom is -0.481 e. The van der Waals surface area contributed by atoms with Crippen LogP contribution in [0.1, 0.15) is 25.7 Å². The van der Waals surface area contributed by atoms with Crippen LogP contribution >= 0.6 is 0 Å². The summed E-state index contributed by atoms with van der Waals surface area (Å²) in [5.74, 6) is -0.729. The normalized spacial score (nSPS) is 30.2. The number of carbonyl (C=O) groups excluding carboxylic acids is 1. The Morgan fingerprint density at radius 3 is 2.64 bits per heavy atom. The van der Waals surface area contributed by atoms with E-state index in [1.54, 1.807) is 0 Å². The summed E-state index contributed by atoms with van der Waals surface area (Å²) in [7, 11) is 0. The molecule has 22 heavy (non-hydrogen) atoms. The summed E-state index contributed by atoms with van der Waals surface area (Å²) in [6.07, 6.45) is 11.9. The van der Waals surface area contributed by atoms with Crippen LogP contribution in [0.3, 0.4) is 0 Å². The molecule has 0 aromatic carbocycles. The summed E-state index contributed by atoms with van der Waals surface area (Å²) >= 11 is 0. The lowest BCUT2D eigenvalue weighted by atomic mass is 9.97. The van der Waals surface area contributed by atoms with Crippen molar-refractivity contribution in [3.63, 3.8) is 0 Å². The molecular formula is C17H24N2O3. The largest absolute Gasteiger partial charge is 0.481 e. The van der Waals surface area contributed by atoms with Crippen LogP contribution in [0.5, 0.6) is 0 Å². The molecule has 5 nitrogen and oxygen atoms in total. The van der Waals surface area contributed by atoms with E-state index in [1.807, 2.05) is 4.90 Å². The van der Waals surface area contributed by atoms with E-state index < -0.39 is 11.9 Å². The van der Waals surface area contributed by atoms with E-state index in [-0.39, 0.29) is 18.4 Å². The Balaban J connectivity index is 1.47. The van der Waals surface area contributed by atoms with Crippen molar-refractivity contribution in [2.24, 2.45) is 11.8 Å². The van der Waals surface area contributed by atoms with Crippen LogP contribution in [0.25, 0.3) is 0 Å². The molecule has 2 saturated heterocycles. The fraction of sp³-hybridized carbons (Fsp3) is 0.647. The molecule has 2 heterocycles. The fourth-order valence-electron chi connectivity index (χ4n) is 3.76. The molecule has 0 bridgehead atoms. The number of likely N-dealkylation sites (tertiary alicyclic amines) is 2. The molecule has 1 N–H and O–H groups in total. The van der Waals surface area contributed by atoms with Gasteiger partial charge in [0.15, 0.2) is 0 Å². The van der Waals surface area contributed by atoms with Gasteiger partial charge >= 0.3 is 5.97 Å². The van der Waals surface area contributed by atoms with Gasteiger partial charge in [0, 0.05) is 38.6 Å². The first kappa shape index (κ1) is 15.3. The van der Waals surface area contributed by atoms with E-state index in [0.717, 1.165) is 38.9 Å².